The number of aliphatic hydroxyl groups excluding tert-OH is 1. The van der Waals surface area contributed by atoms with Gasteiger partial charge in [-0.1, -0.05) is 12.1 Å². The second kappa shape index (κ2) is 7.21. The summed E-state index contributed by atoms with van der Waals surface area (Å²) in [5.74, 6) is -0.353. The van der Waals surface area contributed by atoms with E-state index in [4.69, 9.17) is 9.84 Å². The molecule has 2 atom stereocenters. The van der Waals surface area contributed by atoms with Crippen molar-refractivity contribution in [3.63, 3.8) is 0 Å². The molecule has 1 aromatic rings. The van der Waals surface area contributed by atoms with Gasteiger partial charge in [-0.15, -0.1) is 0 Å². The van der Waals surface area contributed by atoms with Gasteiger partial charge in [0.1, 0.15) is 12.8 Å². The van der Waals surface area contributed by atoms with Crippen molar-refractivity contribution in [2.75, 3.05) is 26.3 Å². The average Bonchev–Trinajstić information content (AvgIpc) is 2.86. The van der Waals surface area contributed by atoms with Crippen LogP contribution in [-0.4, -0.2) is 54.6 Å². The molecule has 2 unspecified atom stereocenters. The number of carbonyl (C=O) groups is 1. The molecule has 1 aliphatic rings. The summed E-state index contributed by atoms with van der Waals surface area (Å²) in [6.07, 6.45) is -0.960. The van der Waals surface area contributed by atoms with E-state index in [0.717, 1.165) is 0 Å². The first-order valence-corrected chi connectivity index (χ1v) is 6.78. The van der Waals surface area contributed by atoms with Crippen LogP contribution >= 0.6 is 0 Å². The van der Waals surface area contributed by atoms with E-state index in [1.165, 1.54) is 17.0 Å². The summed E-state index contributed by atoms with van der Waals surface area (Å²) < 4.78 is 31.7. The first-order valence-electron chi connectivity index (χ1n) is 6.78. The SMILES string of the molecule is O=C(NCCOc1ccccc1F)N1CC(F)CC1CO. The Kier molecular flexibility index (Phi) is 5.32. The second-order valence-corrected chi connectivity index (χ2v) is 4.83. The van der Waals surface area contributed by atoms with Crippen molar-refractivity contribution in [2.45, 2.75) is 18.6 Å². The number of ether oxygens (including phenoxy) is 1. The molecule has 2 rings (SSSR count). The molecule has 7 heteroatoms. The van der Waals surface area contributed by atoms with Crippen molar-refractivity contribution < 1.29 is 23.4 Å². The molecule has 21 heavy (non-hydrogen) atoms. The highest BCUT2D eigenvalue weighted by atomic mass is 19.1. The zero-order valence-electron chi connectivity index (χ0n) is 11.5. The highest BCUT2D eigenvalue weighted by Gasteiger charge is 2.34. The van der Waals surface area contributed by atoms with Gasteiger partial charge < -0.3 is 20.1 Å². The van der Waals surface area contributed by atoms with Crippen LogP contribution < -0.4 is 10.1 Å². The maximum absolute atomic E-state index is 13.3. The maximum Gasteiger partial charge on any atom is 0.317 e. The number of rotatable bonds is 5. The summed E-state index contributed by atoms with van der Waals surface area (Å²) >= 11 is 0. The maximum atomic E-state index is 13.3. The van der Waals surface area contributed by atoms with Gasteiger partial charge in [-0.2, -0.15) is 0 Å². The number of hydrogen-bond donors (Lipinski definition) is 2. The number of hydrogen-bond acceptors (Lipinski definition) is 3. The number of benzene rings is 1. The predicted octanol–water partition coefficient (Wildman–Crippen LogP) is 1.32. The molecule has 1 heterocycles. The summed E-state index contributed by atoms with van der Waals surface area (Å²) in [4.78, 5) is 13.1. The van der Waals surface area contributed by atoms with Crippen LogP contribution in [0, 0.1) is 5.82 Å². The Hall–Kier alpha value is -1.89. The van der Waals surface area contributed by atoms with Gasteiger partial charge in [-0.25, -0.2) is 13.6 Å². The Labute approximate surface area is 121 Å². The van der Waals surface area contributed by atoms with Crippen LogP contribution in [0.5, 0.6) is 5.75 Å². The minimum atomic E-state index is -1.11. The quantitative estimate of drug-likeness (QED) is 0.806. The van der Waals surface area contributed by atoms with Crippen LogP contribution in [0.2, 0.25) is 0 Å². The van der Waals surface area contributed by atoms with Crippen LogP contribution in [0.3, 0.4) is 0 Å². The Morgan fingerprint density at radius 1 is 1.48 bits per heavy atom. The molecule has 1 aliphatic heterocycles. The van der Waals surface area contributed by atoms with Gasteiger partial charge in [0.2, 0.25) is 0 Å². The van der Waals surface area contributed by atoms with Gasteiger partial charge in [0.15, 0.2) is 11.6 Å². The zero-order valence-corrected chi connectivity index (χ0v) is 11.5. The molecule has 0 aliphatic carbocycles. The van der Waals surface area contributed by atoms with Gasteiger partial charge in [-0.05, 0) is 12.1 Å². The topological polar surface area (TPSA) is 61.8 Å². The van der Waals surface area contributed by atoms with Crippen LogP contribution in [-0.2, 0) is 0 Å². The Balaban J connectivity index is 1.73. The van der Waals surface area contributed by atoms with Crippen molar-refractivity contribution in [3.05, 3.63) is 30.1 Å². The van der Waals surface area contributed by atoms with E-state index in [1.807, 2.05) is 0 Å². The third-order valence-corrected chi connectivity index (χ3v) is 3.31. The Bertz CT molecular complexity index is 487. The molecule has 116 valence electrons. The number of nitrogens with zero attached hydrogens (tertiary/aromatic N) is 1. The fraction of sp³-hybridized carbons (Fsp3) is 0.500. The number of amides is 2. The lowest BCUT2D eigenvalue weighted by molar-refractivity contribution is 0.155. The number of nitrogens with one attached hydrogen (secondary N) is 1. The molecule has 1 fully saturated rings. The van der Waals surface area contributed by atoms with Crippen molar-refractivity contribution in [1.29, 1.82) is 0 Å². The van der Waals surface area contributed by atoms with E-state index >= 15 is 0 Å². The fourth-order valence-electron chi connectivity index (χ4n) is 2.26. The van der Waals surface area contributed by atoms with Crippen LogP contribution in [0.15, 0.2) is 24.3 Å². The van der Waals surface area contributed by atoms with Crippen molar-refractivity contribution in [1.82, 2.24) is 10.2 Å². The summed E-state index contributed by atoms with van der Waals surface area (Å²) in [5.41, 5.74) is 0. The van der Waals surface area contributed by atoms with E-state index in [2.05, 4.69) is 5.32 Å². The van der Waals surface area contributed by atoms with Gasteiger partial charge >= 0.3 is 6.03 Å². The van der Waals surface area contributed by atoms with Gasteiger partial charge in [0, 0.05) is 6.42 Å². The first kappa shape index (κ1) is 15.5. The van der Waals surface area contributed by atoms with Crippen molar-refractivity contribution in [2.24, 2.45) is 0 Å². The largest absolute Gasteiger partial charge is 0.489 e. The lowest BCUT2D eigenvalue weighted by atomic mass is 10.2. The fourth-order valence-corrected chi connectivity index (χ4v) is 2.26. The molecule has 0 radical (unpaired) electrons. The summed E-state index contributed by atoms with van der Waals surface area (Å²) in [5, 5.41) is 11.7. The standard InChI is InChI=1S/C14H18F2N2O3/c15-10-7-11(9-19)18(8-10)14(20)17-5-6-21-13-4-2-1-3-12(13)16/h1-4,10-11,19H,5-9H2,(H,17,20). The minimum Gasteiger partial charge on any atom is -0.489 e. The minimum absolute atomic E-state index is 0.0226. The normalized spacial score (nSPS) is 21.4. The zero-order chi connectivity index (χ0) is 15.2. The lowest BCUT2D eigenvalue weighted by Crippen LogP contribution is -2.45. The van der Waals surface area contributed by atoms with Crippen LogP contribution in [0.25, 0.3) is 0 Å². The molecule has 0 aromatic heterocycles. The monoisotopic (exact) mass is 300 g/mol. The van der Waals surface area contributed by atoms with Crippen LogP contribution in [0.1, 0.15) is 6.42 Å². The number of carbonyl (C=O) groups excluding carboxylic acids is 1. The molecule has 0 spiro atoms. The van der Waals surface area contributed by atoms with E-state index in [9.17, 15) is 13.6 Å². The molecule has 0 saturated carbocycles. The van der Waals surface area contributed by atoms with E-state index in [1.54, 1.807) is 12.1 Å². The summed E-state index contributed by atoms with van der Waals surface area (Å²) in [7, 11) is 0. The number of halogens is 2. The number of aliphatic hydroxyl groups is 1. The van der Waals surface area contributed by atoms with E-state index in [0.29, 0.717) is 0 Å². The second-order valence-electron chi connectivity index (χ2n) is 4.83. The molecular weight excluding hydrogens is 282 g/mol. The third kappa shape index (κ3) is 4.04. The molecule has 2 N–H and O–H groups in total. The Morgan fingerprint density at radius 3 is 2.95 bits per heavy atom. The first-order chi connectivity index (χ1) is 10.1. The highest BCUT2D eigenvalue weighted by molar-refractivity contribution is 5.75. The molecule has 2 amide bonds. The number of alkyl halides is 1. The average molecular weight is 300 g/mol. The van der Waals surface area contributed by atoms with Crippen molar-refractivity contribution in [3.8, 4) is 5.75 Å². The number of likely N-dealkylation sites (tertiary alicyclic amines) is 1. The van der Waals surface area contributed by atoms with Crippen LogP contribution in [0.4, 0.5) is 13.6 Å². The van der Waals surface area contributed by atoms with Gasteiger partial charge in [0.05, 0.1) is 25.7 Å². The third-order valence-electron chi connectivity index (χ3n) is 3.31. The summed E-state index contributed by atoms with van der Waals surface area (Å²) in [6, 6.07) is 5.03. The summed E-state index contributed by atoms with van der Waals surface area (Å²) in [6.45, 7) is -0.0209. The highest BCUT2D eigenvalue weighted by Crippen LogP contribution is 2.20. The predicted molar refractivity (Wildman–Crippen MR) is 72.4 cm³/mol. The molecule has 0 bridgehead atoms. The molecule has 1 saturated heterocycles. The van der Waals surface area contributed by atoms with Gasteiger partial charge in [-0.3, -0.25) is 0 Å². The van der Waals surface area contributed by atoms with Crippen molar-refractivity contribution >= 4 is 6.03 Å². The molecule has 1 aromatic carbocycles. The van der Waals surface area contributed by atoms with Gasteiger partial charge in [0.25, 0.3) is 0 Å². The van der Waals surface area contributed by atoms with E-state index in [-0.39, 0.29) is 38.5 Å². The molecule has 5 nitrogen and oxygen atoms in total. The lowest BCUT2D eigenvalue weighted by Gasteiger charge is -2.22. The van der Waals surface area contributed by atoms with E-state index < -0.39 is 24.1 Å². The molecular formula is C14H18F2N2O3. The Morgan fingerprint density at radius 2 is 2.24 bits per heavy atom. The smallest absolute Gasteiger partial charge is 0.317 e. The number of urea groups is 1. The number of para-hydroxylation sites is 1.